The molecule has 132 valence electrons. The Hall–Kier alpha value is -3.28. The maximum atomic E-state index is 12.3. The van der Waals surface area contributed by atoms with E-state index in [1.165, 1.54) is 0 Å². The van der Waals surface area contributed by atoms with E-state index in [9.17, 15) is 4.79 Å². The Morgan fingerprint density at radius 2 is 1.69 bits per heavy atom. The molecule has 0 heterocycles. The number of nitrogens with zero attached hydrogens (tertiary/aromatic N) is 2. The normalized spacial score (nSPS) is 17.9. The lowest BCUT2D eigenvalue weighted by atomic mass is 9.92. The monoisotopic (exact) mass is 347 g/mol. The average molecular weight is 347 g/mol. The summed E-state index contributed by atoms with van der Waals surface area (Å²) in [5.74, 6) is -0.141. The molecule has 0 bridgehead atoms. The Kier molecular flexibility index (Phi) is 4.67. The minimum atomic E-state index is -0.141. The predicted octanol–water partition coefficient (Wildman–Crippen LogP) is 3.70. The molecule has 6 nitrogen and oxygen atoms in total. The van der Waals surface area contributed by atoms with Gasteiger partial charge >= 0.3 is 0 Å². The summed E-state index contributed by atoms with van der Waals surface area (Å²) in [6.45, 7) is 3.81. The summed E-state index contributed by atoms with van der Waals surface area (Å²) < 4.78 is 0. The molecule has 1 saturated carbocycles. The molecule has 0 spiro atoms. The zero-order valence-electron chi connectivity index (χ0n) is 14.8. The molecule has 2 aromatic rings. The van der Waals surface area contributed by atoms with Crippen molar-refractivity contribution in [3.63, 3.8) is 0 Å². The Labute approximate surface area is 152 Å². The highest BCUT2D eigenvalue weighted by Crippen LogP contribution is 2.24. The molecule has 0 aromatic heterocycles. The van der Waals surface area contributed by atoms with E-state index in [-0.39, 0.29) is 24.3 Å². The van der Waals surface area contributed by atoms with Gasteiger partial charge in [0.15, 0.2) is 5.78 Å². The fourth-order valence-corrected chi connectivity index (χ4v) is 2.77. The first-order valence-electron chi connectivity index (χ1n) is 8.32. The van der Waals surface area contributed by atoms with Gasteiger partial charge in [-0.3, -0.25) is 9.79 Å². The third-order valence-corrected chi connectivity index (χ3v) is 4.34. The first-order chi connectivity index (χ1) is 12.3. The van der Waals surface area contributed by atoms with Gasteiger partial charge < -0.3 is 16.9 Å². The number of carbonyl (C=O) groups excluding carboxylic acids is 1. The molecular weight excluding hydrogens is 326 g/mol. The van der Waals surface area contributed by atoms with Crippen molar-refractivity contribution < 1.29 is 4.79 Å². The molecule has 1 aliphatic rings. The van der Waals surface area contributed by atoms with Gasteiger partial charge in [0.2, 0.25) is 0 Å². The third kappa shape index (κ3) is 3.69. The summed E-state index contributed by atoms with van der Waals surface area (Å²) >= 11 is 0. The van der Waals surface area contributed by atoms with E-state index in [2.05, 4.69) is 9.98 Å². The summed E-state index contributed by atoms with van der Waals surface area (Å²) in [6.07, 6.45) is 0.255. The van der Waals surface area contributed by atoms with Gasteiger partial charge in [-0.2, -0.15) is 0 Å². The Morgan fingerprint density at radius 3 is 2.38 bits per heavy atom. The fourth-order valence-electron chi connectivity index (χ4n) is 2.77. The van der Waals surface area contributed by atoms with Crippen molar-refractivity contribution >= 4 is 45.7 Å². The summed E-state index contributed by atoms with van der Waals surface area (Å²) in [5, 5.41) is 8.12. The number of rotatable bonds is 2. The van der Waals surface area contributed by atoms with Crippen LogP contribution in [-0.4, -0.2) is 22.9 Å². The van der Waals surface area contributed by atoms with Gasteiger partial charge in [0.25, 0.3) is 0 Å². The summed E-state index contributed by atoms with van der Waals surface area (Å²) in [6, 6.07) is 10.8. The van der Waals surface area contributed by atoms with Gasteiger partial charge in [-0.1, -0.05) is 0 Å². The molecule has 0 amide bonds. The topological polar surface area (TPSA) is 118 Å². The van der Waals surface area contributed by atoms with E-state index in [0.29, 0.717) is 28.5 Å². The number of nitrogens with two attached hydrogens (primary N) is 2. The van der Waals surface area contributed by atoms with E-state index >= 15 is 0 Å². The Balaban J connectivity index is 1.95. The van der Waals surface area contributed by atoms with Gasteiger partial charge in [-0.25, -0.2) is 4.99 Å². The molecule has 3 rings (SSSR count). The number of hydrogen-bond donors (Lipinski definition) is 3. The van der Waals surface area contributed by atoms with Crippen molar-refractivity contribution in [1.82, 2.24) is 0 Å². The molecular formula is C20H21N5O. The third-order valence-electron chi connectivity index (χ3n) is 4.34. The number of Topliss-reactive ketones (excluding diaryl/α,β-unsaturated/α-hetero) is 1. The quantitative estimate of drug-likeness (QED) is 0.719. The number of nitrogens with one attached hydrogen (secondary N) is 1. The van der Waals surface area contributed by atoms with E-state index in [0.717, 1.165) is 16.8 Å². The second-order valence-corrected chi connectivity index (χ2v) is 6.46. The van der Waals surface area contributed by atoms with E-state index in [4.69, 9.17) is 16.9 Å². The number of hydrogen-bond acceptors (Lipinski definition) is 6. The van der Waals surface area contributed by atoms with Crippen molar-refractivity contribution in [3.05, 3.63) is 47.5 Å². The molecule has 1 fully saturated rings. The summed E-state index contributed by atoms with van der Waals surface area (Å²) in [5.41, 5.74) is 17.4. The lowest BCUT2D eigenvalue weighted by molar-refractivity contribution is -0.112. The fraction of sp³-hybridized carbons (Fsp3) is 0.200. The lowest BCUT2D eigenvalue weighted by Gasteiger charge is -2.16. The summed E-state index contributed by atoms with van der Waals surface area (Å²) in [7, 11) is 0. The first-order valence-corrected chi connectivity index (χ1v) is 8.32. The first kappa shape index (κ1) is 17.5. The summed E-state index contributed by atoms with van der Waals surface area (Å²) in [4.78, 5) is 21.4. The number of nitrogen functional groups attached to an aromatic ring is 2. The highest BCUT2D eigenvalue weighted by atomic mass is 16.1. The smallest absolute Gasteiger partial charge is 0.183 e. The van der Waals surface area contributed by atoms with E-state index in [1.807, 2.05) is 32.0 Å². The van der Waals surface area contributed by atoms with Crippen molar-refractivity contribution in [2.45, 2.75) is 26.7 Å². The maximum Gasteiger partial charge on any atom is 0.183 e. The minimum absolute atomic E-state index is 0.0135. The van der Waals surface area contributed by atoms with E-state index in [1.54, 1.807) is 18.2 Å². The molecule has 26 heavy (non-hydrogen) atoms. The van der Waals surface area contributed by atoms with Crippen LogP contribution in [0.4, 0.5) is 22.7 Å². The Morgan fingerprint density at radius 1 is 0.923 bits per heavy atom. The SMILES string of the molecule is Cc1cc(N=C2CC(=Nc3ccc(N)cc3C)C(=N)CC2=O)ccc1N. The van der Waals surface area contributed by atoms with Crippen LogP contribution < -0.4 is 11.5 Å². The van der Waals surface area contributed by atoms with Crippen molar-refractivity contribution in [2.75, 3.05) is 11.5 Å². The number of carbonyl (C=O) groups is 1. The van der Waals surface area contributed by atoms with Gasteiger partial charge in [0.05, 0.1) is 34.9 Å². The van der Waals surface area contributed by atoms with Crippen LogP contribution in [0.5, 0.6) is 0 Å². The molecule has 1 aliphatic carbocycles. The van der Waals surface area contributed by atoms with E-state index < -0.39 is 0 Å². The molecule has 0 saturated heterocycles. The van der Waals surface area contributed by atoms with Crippen LogP contribution in [0, 0.1) is 19.3 Å². The van der Waals surface area contributed by atoms with Crippen LogP contribution in [0.3, 0.4) is 0 Å². The van der Waals surface area contributed by atoms with Crippen LogP contribution in [0.25, 0.3) is 0 Å². The number of benzene rings is 2. The predicted molar refractivity (Wildman–Crippen MR) is 107 cm³/mol. The van der Waals surface area contributed by atoms with Gasteiger partial charge in [0, 0.05) is 17.8 Å². The van der Waals surface area contributed by atoms with Gasteiger partial charge in [-0.15, -0.1) is 0 Å². The molecule has 5 N–H and O–H groups in total. The van der Waals surface area contributed by atoms with Gasteiger partial charge in [0.1, 0.15) is 0 Å². The number of aliphatic imine (C=N–C) groups is 2. The number of aryl methyl sites for hydroxylation is 2. The minimum Gasteiger partial charge on any atom is -0.399 e. The van der Waals surface area contributed by atoms with Crippen LogP contribution >= 0.6 is 0 Å². The van der Waals surface area contributed by atoms with Crippen LogP contribution in [0.1, 0.15) is 24.0 Å². The average Bonchev–Trinajstić information content (AvgIpc) is 2.57. The second kappa shape index (κ2) is 6.92. The Bertz CT molecular complexity index is 972. The van der Waals surface area contributed by atoms with Crippen molar-refractivity contribution in [2.24, 2.45) is 9.98 Å². The highest BCUT2D eigenvalue weighted by Gasteiger charge is 2.26. The zero-order chi connectivity index (χ0) is 18.8. The molecule has 0 aliphatic heterocycles. The second-order valence-electron chi connectivity index (χ2n) is 6.46. The van der Waals surface area contributed by atoms with Crippen LogP contribution in [0.15, 0.2) is 46.4 Å². The molecule has 2 aromatic carbocycles. The highest BCUT2D eigenvalue weighted by molar-refractivity contribution is 6.61. The van der Waals surface area contributed by atoms with Crippen molar-refractivity contribution in [1.29, 1.82) is 5.41 Å². The molecule has 0 unspecified atom stereocenters. The largest absolute Gasteiger partial charge is 0.399 e. The zero-order valence-corrected chi connectivity index (χ0v) is 14.8. The molecule has 6 heteroatoms. The standard InChI is InChI=1S/C20H21N5O/c1-11-8-14(4-5-15(11)22)24-19-10-18(16(23)9-20(19)26)25-17-6-3-13(21)7-12(17)2/h3-8,23H,9-10,21-22H2,1-2H3. The van der Waals surface area contributed by atoms with Crippen LogP contribution in [-0.2, 0) is 4.79 Å². The molecule has 0 radical (unpaired) electrons. The van der Waals surface area contributed by atoms with Crippen molar-refractivity contribution in [3.8, 4) is 0 Å². The number of ketones is 1. The van der Waals surface area contributed by atoms with Gasteiger partial charge in [-0.05, 0) is 61.4 Å². The lowest BCUT2D eigenvalue weighted by Crippen LogP contribution is -2.32. The molecule has 0 atom stereocenters. The van der Waals surface area contributed by atoms with Crippen LogP contribution in [0.2, 0.25) is 0 Å². The number of anilines is 2. The maximum absolute atomic E-state index is 12.3.